The van der Waals surface area contributed by atoms with Crippen LogP contribution in [0.1, 0.15) is 23.7 Å². The highest BCUT2D eigenvalue weighted by atomic mass is 16.4. The Morgan fingerprint density at radius 2 is 1.81 bits per heavy atom. The molecular formula is C14H19N3O4. The number of benzene rings is 1. The summed E-state index contributed by atoms with van der Waals surface area (Å²) in [6.07, 6.45) is 0.725. The lowest BCUT2D eigenvalue weighted by atomic mass is 10.2. The molecule has 0 saturated heterocycles. The number of aromatic carboxylic acids is 1. The summed E-state index contributed by atoms with van der Waals surface area (Å²) in [5.41, 5.74) is 0.617. The van der Waals surface area contributed by atoms with Crippen molar-refractivity contribution in [2.24, 2.45) is 0 Å². The summed E-state index contributed by atoms with van der Waals surface area (Å²) >= 11 is 0. The second-order valence-electron chi connectivity index (χ2n) is 4.41. The van der Waals surface area contributed by atoms with Crippen molar-refractivity contribution in [3.05, 3.63) is 29.8 Å². The summed E-state index contributed by atoms with van der Waals surface area (Å²) in [5, 5.41) is 13.9. The third-order valence-electron chi connectivity index (χ3n) is 2.78. The predicted octanol–water partition coefficient (Wildman–Crippen LogP) is 1.37. The third-order valence-corrected chi connectivity index (χ3v) is 2.78. The average molecular weight is 293 g/mol. The second kappa shape index (κ2) is 7.88. The molecule has 0 aliphatic carbocycles. The number of nitrogens with one attached hydrogen (secondary N) is 2. The Bertz CT molecular complexity index is 513. The minimum Gasteiger partial charge on any atom is -0.478 e. The highest BCUT2D eigenvalue weighted by Gasteiger charge is 2.15. The van der Waals surface area contributed by atoms with E-state index in [4.69, 9.17) is 5.11 Å². The molecule has 0 heterocycles. The van der Waals surface area contributed by atoms with Crippen molar-refractivity contribution in [2.45, 2.75) is 13.3 Å². The second-order valence-corrected chi connectivity index (χ2v) is 4.41. The molecule has 3 N–H and O–H groups in total. The quantitative estimate of drug-likeness (QED) is 0.737. The van der Waals surface area contributed by atoms with Crippen LogP contribution in [-0.2, 0) is 4.79 Å². The summed E-state index contributed by atoms with van der Waals surface area (Å²) in [6, 6.07) is 5.42. The van der Waals surface area contributed by atoms with Crippen molar-refractivity contribution in [1.82, 2.24) is 10.2 Å². The number of urea groups is 1. The first-order chi connectivity index (χ1) is 9.97. The van der Waals surface area contributed by atoms with E-state index < -0.39 is 12.0 Å². The van der Waals surface area contributed by atoms with Crippen LogP contribution >= 0.6 is 0 Å². The van der Waals surface area contributed by atoms with E-state index in [1.165, 1.54) is 36.2 Å². The summed E-state index contributed by atoms with van der Waals surface area (Å²) < 4.78 is 0. The first-order valence-corrected chi connectivity index (χ1v) is 6.57. The van der Waals surface area contributed by atoms with Crippen LogP contribution in [0.25, 0.3) is 0 Å². The van der Waals surface area contributed by atoms with E-state index >= 15 is 0 Å². The molecule has 0 saturated carbocycles. The molecule has 114 valence electrons. The van der Waals surface area contributed by atoms with Crippen LogP contribution in [0, 0.1) is 0 Å². The highest BCUT2D eigenvalue weighted by molar-refractivity contribution is 5.93. The molecule has 1 aromatic carbocycles. The van der Waals surface area contributed by atoms with E-state index in [9.17, 15) is 14.4 Å². The van der Waals surface area contributed by atoms with Gasteiger partial charge in [-0.25, -0.2) is 9.59 Å². The molecule has 0 fully saturated rings. The molecule has 0 atom stereocenters. The molecule has 0 radical (unpaired) electrons. The van der Waals surface area contributed by atoms with Gasteiger partial charge >= 0.3 is 12.0 Å². The first-order valence-electron chi connectivity index (χ1n) is 6.57. The summed E-state index contributed by atoms with van der Waals surface area (Å²) in [4.78, 5) is 35.6. The predicted molar refractivity (Wildman–Crippen MR) is 78.4 cm³/mol. The minimum absolute atomic E-state index is 0.0244. The van der Waals surface area contributed by atoms with Crippen LogP contribution < -0.4 is 10.6 Å². The van der Waals surface area contributed by atoms with Gasteiger partial charge in [-0.1, -0.05) is 6.92 Å². The Labute approximate surface area is 122 Å². The van der Waals surface area contributed by atoms with E-state index in [-0.39, 0.29) is 18.0 Å². The maximum atomic E-state index is 12.1. The number of hydrogen-bond donors (Lipinski definition) is 3. The zero-order valence-electron chi connectivity index (χ0n) is 12.0. The van der Waals surface area contributed by atoms with Gasteiger partial charge in [-0.2, -0.15) is 0 Å². The Hall–Kier alpha value is -2.57. The van der Waals surface area contributed by atoms with Crippen LogP contribution in [-0.4, -0.2) is 48.1 Å². The number of hydrogen-bond acceptors (Lipinski definition) is 3. The van der Waals surface area contributed by atoms with E-state index in [1.54, 1.807) is 0 Å². The van der Waals surface area contributed by atoms with Crippen molar-refractivity contribution in [2.75, 3.05) is 25.5 Å². The zero-order valence-corrected chi connectivity index (χ0v) is 12.0. The van der Waals surface area contributed by atoms with Gasteiger partial charge in [0.2, 0.25) is 5.91 Å². The number of carboxylic acids is 1. The lowest BCUT2D eigenvalue weighted by Gasteiger charge is -2.21. The molecule has 0 aliphatic heterocycles. The maximum absolute atomic E-state index is 12.1. The molecule has 1 rings (SSSR count). The normalized spacial score (nSPS) is 9.81. The fourth-order valence-electron chi connectivity index (χ4n) is 1.67. The maximum Gasteiger partial charge on any atom is 0.335 e. The summed E-state index contributed by atoms with van der Waals surface area (Å²) in [5.74, 6) is -1.28. The number of rotatable bonds is 6. The van der Waals surface area contributed by atoms with Gasteiger partial charge in [-0.05, 0) is 30.7 Å². The average Bonchev–Trinajstić information content (AvgIpc) is 2.47. The lowest BCUT2D eigenvalue weighted by molar-refractivity contribution is -0.121. The number of nitrogens with zero attached hydrogens (tertiary/aromatic N) is 1. The van der Waals surface area contributed by atoms with Crippen LogP contribution in [0.5, 0.6) is 0 Å². The van der Waals surface area contributed by atoms with Crippen molar-refractivity contribution in [1.29, 1.82) is 0 Å². The smallest absolute Gasteiger partial charge is 0.335 e. The third kappa shape index (κ3) is 5.13. The van der Waals surface area contributed by atoms with Crippen molar-refractivity contribution in [3.63, 3.8) is 0 Å². The lowest BCUT2D eigenvalue weighted by Crippen LogP contribution is -2.42. The van der Waals surface area contributed by atoms with E-state index in [0.717, 1.165) is 6.42 Å². The zero-order chi connectivity index (χ0) is 15.8. The van der Waals surface area contributed by atoms with Gasteiger partial charge in [0, 0.05) is 19.3 Å². The molecule has 0 bridgehead atoms. The Kier molecular flexibility index (Phi) is 6.19. The number of amides is 3. The summed E-state index contributed by atoms with van der Waals surface area (Å²) in [7, 11) is 1.51. The van der Waals surface area contributed by atoms with Crippen LogP contribution in [0.15, 0.2) is 24.3 Å². The molecule has 1 aromatic rings. The SMILES string of the molecule is CCCN(CC(=O)NC)C(=O)Nc1ccc(C(=O)O)cc1. The van der Waals surface area contributed by atoms with E-state index in [2.05, 4.69) is 10.6 Å². The van der Waals surface area contributed by atoms with Gasteiger partial charge in [0.1, 0.15) is 6.54 Å². The van der Waals surface area contributed by atoms with Crippen molar-refractivity contribution >= 4 is 23.6 Å². The molecule has 7 heteroatoms. The van der Waals surface area contributed by atoms with Gasteiger partial charge in [-0.15, -0.1) is 0 Å². The van der Waals surface area contributed by atoms with Crippen LogP contribution in [0.2, 0.25) is 0 Å². The van der Waals surface area contributed by atoms with Crippen molar-refractivity contribution < 1.29 is 19.5 Å². The van der Waals surface area contributed by atoms with Crippen molar-refractivity contribution in [3.8, 4) is 0 Å². The number of anilines is 1. The molecule has 0 spiro atoms. The van der Waals surface area contributed by atoms with Gasteiger partial charge in [0.25, 0.3) is 0 Å². The topological polar surface area (TPSA) is 98.7 Å². The monoisotopic (exact) mass is 293 g/mol. The van der Waals surface area contributed by atoms with E-state index in [1.807, 2.05) is 6.92 Å². The molecule has 0 aliphatic rings. The van der Waals surface area contributed by atoms with Gasteiger partial charge in [0.15, 0.2) is 0 Å². The standard InChI is InChI=1S/C14H19N3O4/c1-3-8-17(9-12(18)15-2)14(21)16-11-6-4-10(5-7-11)13(19)20/h4-7H,3,8-9H2,1-2H3,(H,15,18)(H,16,21)(H,19,20). The molecule has 0 aromatic heterocycles. The van der Waals surface area contributed by atoms with Crippen LogP contribution in [0.4, 0.5) is 10.5 Å². The van der Waals surface area contributed by atoms with Gasteiger partial charge in [0.05, 0.1) is 5.56 Å². The fraction of sp³-hybridized carbons (Fsp3) is 0.357. The van der Waals surface area contributed by atoms with Crippen LogP contribution in [0.3, 0.4) is 0 Å². The molecular weight excluding hydrogens is 274 g/mol. The molecule has 0 unspecified atom stereocenters. The molecule has 21 heavy (non-hydrogen) atoms. The summed E-state index contributed by atoms with van der Waals surface area (Å²) in [6.45, 7) is 2.33. The highest BCUT2D eigenvalue weighted by Crippen LogP contribution is 2.10. The Balaban J connectivity index is 2.71. The van der Waals surface area contributed by atoms with E-state index in [0.29, 0.717) is 12.2 Å². The minimum atomic E-state index is -1.03. The fourth-order valence-corrected chi connectivity index (χ4v) is 1.67. The Morgan fingerprint density at radius 1 is 1.19 bits per heavy atom. The number of carboxylic acid groups (broad SMARTS) is 1. The number of likely N-dealkylation sites (N-methyl/N-ethyl adjacent to an activating group) is 1. The molecule has 7 nitrogen and oxygen atoms in total. The number of carbonyl (C=O) groups is 3. The Morgan fingerprint density at radius 3 is 2.29 bits per heavy atom. The largest absolute Gasteiger partial charge is 0.478 e. The molecule has 3 amide bonds. The van der Waals surface area contributed by atoms with Gasteiger partial charge in [-0.3, -0.25) is 4.79 Å². The first kappa shape index (κ1) is 16.5. The van der Waals surface area contributed by atoms with Gasteiger partial charge < -0.3 is 20.6 Å². The number of carbonyl (C=O) groups excluding carboxylic acids is 2.